The van der Waals surface area contributed by atoms with Gasteiger partial charge in [-0.2, -0.15) is 0 Å². The monoisotopic (exact) mass is 714 g/mol. The third-order valence-corrected chi connectivity index (χ3v) is 12.1. The summed E-state index contributed by atoms with van der Waals surface area (Å²) in [6.45, 7) is 0. The molecule has 0 aliphatic carbocycles. The van der Waals surface area contributed by atoms with E-state index in [9.17, 15) is 0 Å². The molecule has 0 N–H and O–H groups in total. The zero-order valence-electron chi connectivity index (χ0n) is 28.0. The molecule has 7 heteroatoms. The highest BCUT2D eigenvalue weighted by molar-refractivity contribution is 7.26. The first kappa shape index (κ1) is 30.1. The van der Waals surface area contributed by atoms with E-state index < -0.39 is 0 Å². The van der Waals surface area contributed by atoms with Crippen molar-refractivity contribution in [3.63, 3.8) is 0 Å². The van der Waals surface area contributed by atoms with E-state index in [-0.39, 0.29) is 0 Å². The van der Waals surface area contributed by atoms with E-state index in [4.69, 9.17) is 24.4 Å². The molecule has 0 amide bonds. The Balaban J connectivity index is 1.03. The first-order valence-corrected chi connectivity index (χ1v) is 19.0. The molecule has 248 valence electrons. The molecule has 11 rings (SSSR count). The fourth-order valence-electron chi connectivity index (χ4n) is 7.21. The number of hydrogen-bond acceptors (Lipinski definition) is 7. The van der Waals surface area contributed by atoms with Crippen molar-refractivity contribution in [1.29, 1.82) is 0 Å². The maximum absolute atomic E-state index is 6.43. The van der Waals surface area contributed by atoms with Gasteiger partial charge in [0.15, 0.2) is 17.5 Å². The molecule has 4 heterocycles. The summed E-state index contributed by atoms with van der Waals surface area (Å²) in [6, 6.07) is 54.6. The summed E-state index contributed by atoms with van der Waals surface area (Å²) in [5.74, 6) is 1.83. The smallest absolute Gasteiger partial charge is 0.167 e. The zero-order valence-corrected chi connectivity index (χ0v) is 29.7. The fourth-order valence-corrected chi connectivity index (χ4v) is 9.37. The predicted molar refractivity (Wildman–Crippen MR) is 220 cm³/mol. The van der Waals surface area contributed by atoms with E-state index in [1.54, 1.807) is 22.7 Å². The molecular formula is C46H26N4OS2. The lowest BCUT2D eigenvalue weighted by Gasteiger charge is -2.09. The lowest BCUT2D eigenvalue weighted by atomic mass is 10.0. The minimum absolute atomic E-state index is 0.577. The number of nitrogens with zero attached hydrogens (tertiary/aromatic N) is 4. The van der Waals surface area contributed by atoms with Crippen LogP contribution in [0.3, 0.4) is 0 Å². The second kappa shape index (κ2) is 12.0. The molecular weight excluding hydrogens is 689 g/mol. The molecule has 7 aromatic carbocycles. The fraction of sp³-hybridized carbons (Fsp3) is 0. The van der Waals surface area contributed by atoms with Crippen molar-refractivity contribution < 1.29 is 4.42 Å². The van der Waals surface area contributed by atoms with Gasteiger partial charge in [0.2, 0.25) is 0 Å². The summed E-state index contributed by atoms with van der Waals surface area (Å²) >= 11 is 3.50. The van der Waals surface area contributed by atoms with Crippen LogP contribution in [0.2, 0.25) is 0 Å². The molecule has 0 radical (unpaired) electrons. The lowest BCUT2D eigenvalue weighted by molar-refractivity contribution is 0.669. The number of thiazole rings is 1. The summed E-state index contributed by atoms with van der Waals surface area (Å²) in [5.41, 5.74) is 8.86. The van der Waals surface area contributed by atoms with E-state index in [1.807, 2.05) is 66.7 Å². The van der Waals surface area contributed by atoms with Gasteiger partial charge >= 0.3 is 0 Å². The van der Waals surface area contributed by atoms with E-state index in [0.29, 0.717) is 17.5 Å². The average molecular weight is 715 g/mol. The molecule has 0 bridgehead atoms. The van der Waals surface area contributed by atoms with Gasteiger partial charge in [-0.1, -0.05) is 115 Å². The van der Waals surface area contributed by atoms with Gasteiger partial charge in [-0.3, -0.25) is 0 Å². The van der Waals surface area contributed by atoms with Crippen molar-refractivity contribution in [3.05, 3.63) is 158 Å². The third kappa shape index (κ3) is 5.04. The summed E-state index contributed by atoms with van der Waals surface area (Å²) in [4.78, 5) is 20.2. The molecule has 5 nitrogen and oxygen atoms in total. The van der Waals surface area contributed by atoms with Crippen LogP contribution in [0.25, 0.3) is 108 Å². The Labute approximate surface area is 311 Å². The van der Waals surface area contributed by atoms with Gasteiger partial charge in [0, 0.05) is 47.6 Å². The molecule has 0 saturated heterocycles. The van der Waals surface area contributed by atoms with Crippen LogP contribution in [0, 0.1) is 0 Å². The summed E-state index contributed by atoms with van der Waals surface area (Å²) in [5, 5.41) is 5.54. The standard InChI is InChI=1S/C46H26N4OS2/c1-2-10-28(11-3-1)43-48-44(34-15-8-13-32-31-12-4-6-18-38(31)51-41(32)34)50-45(49-43)35-16-9-14-33-36-26-30(24-25-39(36)52-42(33)35)27-20-22-29(23-21-27)46-47-37-17-5-7-19-40(37)53-46/h1-26H. The Morgan fingerprint density at radius 1 is 0.396 bits per heavy atom. The topological polar surface area (TPSA) is 64.7 Å². The lowest BCUT2D eigenvalue weighted by Crippen LogP contribution is -2.00. The zero-order chi connectivity index (χ0) is 34.9. The molecule has 0 spiro atoms. The maximum Gasteiger partial charge on any atom is 0.167 e. The molecule has 0 saturated carbocycles. The molecule has 0 aliphatic heterocycles. The molecule has 0 atom stereocenters. The summed E-state index contributed by atoms with van der Waals surface area (Å²) in [7, 11) is 0. The predicted octanol–water partition coefficient (Wildman–Crippen LogP) is 13.1. The second-order valence-electron chi connectivity index (χ2n) is 13.0. The van der Waals surface area contributed by atoms with Gasteiger partial charge in [-0.25, -0.2) is 19.9 Å². The highest BCUT2D eigenvalue weighted by Gasteiger charge is 2.20. The van der Waals surface area contributed by atoms with E-state index in [1.165, 1.54) is 31.3 Å². The second-order valence-corrected chi connectivity index (χ2v) is 15.1. The van der Waals surface area contributed by atoms with Gasteiger partial charge in [-0.05, 0) is 53.6 Å². The molecule has 0 aliphatic rings. The number of benzene rings is 7. The van der Waals surface area contributed by atoms with Crippen LogP contribution in [-0.4, -0.2) is 19.9 Å². The minimum atomic E-state index is 0.577. The van der Waals surface area contributed by atoms with Crippen molar-refractivity contribution in [3.8, 4) is 55.9 Å². The van der Waals surface area contributed by atoms with Crippen molar-refractivity contribution in [2.45, 2.75) is 0 Å². The van der Waals surface area contributed by atoms with Crippen molar-refractivity contribution in [2.24, 2.45) is 0 Å². The minimum Gasteiger partial charge on any atom is -0.455 e. The maximum atomic E-state index is 6.43. The average Bonchev–Trinajstić information content (AvgIpc) is 3.94. The summed E-state index contributed by atoms with van der Waals surface area (Å²) in [6.07, 6.45) is 0. The number of hydrogen-bond donors (Lipinski definition) is 0. The van der Waals surface area contributed by atoms with Crippen LogP contribution >= 0.6 is 22.7 Å². The first-order chi connectivity index (χ1) is 26.2. The van der Waals surface area contributed by atoms with Gasteiger partial charge in [0.1, 0.15) is 16.2 Å². The van der Waals surface area contributed by atoms with E-state index in [0.717, 1.165) is 59.4 Å². The Morgan fingerprint density at radius 2 is 1.08 bits per heavy atom. The molecule has 0 fully saturated rings. The van der Waals surface area contributed by atoms with Crippen LogP contribution < -0.4 is 0 Å². The number of rotatable bonds is 5. The third-order valence-electron chi connectivity index (χ3n) is 9.81. The molecule has 53 heavy (non-hydrogen) atoms. The number of thiophene rings is 1. The van der Waals surface area contributed by atoms with Crippen LogP contribution in [-0.2, 0) is 0 Å². The van der Waals surface area contributed by atoms with Gasteiger partial charge in [-0.15, -0.1) is 22.7 Å². The quantitative estimate of drug-likeness (QED) is 0.178. The SMILES string of the molecule is c1ccc(-c2nc(-c3cccc4c3oc3ccccc34)nc(-c3cccc4c3sc3ccc(-c5ccc(-c6nc7ccccc7s6)cc5)cc34)n2)cc1. The van der Waals surface area contributed by atoms with Gasteiger partial charge < -0.3 is 4.42 Å². The van der Waals surface area contributed by atoms with Crippen molar-refractivity contribution in [2.75, 3.05) is 0 Å². The van der Waals surface area contributed by atoms with Gasteiger partial charge in [0.25, 0.3) is 0 Å². The van der Waals surface area contributed by atoms with E-state index >= 15 is 0 Å². The highest BCUT2D eigenvalue weighted by Crippen LogP contribution is 2.42. The highest BCUT2D eigenvalue weighted by atomic mass is 32.1. The normalized spacial score (nSPS) is 11.8. The van der Waals surface area contributed by atoms with E-state index in [2.05, 4.69) is 91.0 Å². The molecule has 4 aromatic heterocycles. The van der Waals surface area contributed by atoms with Crippen LogP contribution in [0.15, 0.2) is 162 Å². The number of fused-ring (bicyclic) bond motifs is 7. The number of aromatic nitrogens is 4. The van der Waals surface area contributed by atoms with Gasteiger partial charge in [0.05, 0.1) is 15.8 Å². The molecule has 0 unspecified atom stereocenters. The Morgan fingerprint density at radius 3 is 1.94 bits per heavy atom. The first-order valence-electron chi connectivity index (χ1n) is 17.4. The number of furan rings is 1. The number of para-hydroxylation sites is 3. The van der Waals surface area contributed by atoms with Crippen molar-refractivity contribution >= 4 is 75.0 Å². The Kier molecular flexibility index (Phi) is 6.83. The largest absolute Gasteiger partial charge is 0.455 e. The molecule has 11 aromatic rings. The van der Waals surface area contributed by atoms with Crippen LogP contribution in [0.1, 0.15) is 0 Å². The van der Waals surface area contributed by atoms with Crippen LogP contribution in [0.4, 0.5) is 0 Å². The Bertz CT molecular complexity index is 3150. The summed E-state index contributed by atoms with van der Waals surface area (Å²) < 4.78 is 9.99. The van der Waals surface area contributed by atoms with Crippen molar-refractivity contribution in [1.82, 2.24) is 19.9 Å². The van der Waals surface area contributed by atoms with Crippen LogP contribution in [0.5, 0.6) is 0 Å². The Hall–Kier alpha value is -6.54.